The van der Waals surface area contributed by atoms with E-state index in [1.807, 2.05) is 0 Å². The van der Waals surface area contributed by atoms with Crippen LogP contribution in [0, 0.1) is 0 Å². The van der Waals surface area contributed by atoms with Crippen molar-refractivity contribution in [1.82, 2.24) is 19.9 Å². The lowest BCUT2D eigenvalue weighted by atomic mass is 10.5. The van der Waals surface area contributed by atoms with E-state index in [1.165, 1.54) is 12.7 Å². The van der Waals surface area contributed by atoms with E-state index in [2.05, 4.69) is 19.9 Å². The number of fused-ring (bicyclic) bond motifs is 1. The van der Waals surface area contributed by atoms with Crippen molar-refractivity contribution in [3.05, 3.63) is 12.7 Å². The maximum absolute atomic E-state index is 10.7. The van der Waals surface area contributed by atoms with Gasteiger partial charge in [-0.1, -0.05) is 11.8 Å². The molecule has 6 nitrogen and oxygen atoms in total. The first-order valence-corrected chi connectivity index (χ1v) is 5.10. The second-order valence-corrected chi connectivity index (χ2v) is 4.21. The molecule has 2 N–H and O–H groups in total. The first-order chi connectivity index (χ1) is 7.18. The van der Waals surface area contributed by atoms with E-state index in [1.54, 1.807) is 6.92 Å². The third kappa shape index (κ3) is 1.91. The summed E-state index contributed by atoms with van der Waals surface area (Å²) in [6.45, 7) is 1.61. The number of aromatic amines is 1. The molecule has 0 saturated heterocycles. The Balaban J connectivity index is 2.35. The Morgan fingerprint density at radius 1 is 1.53 bits per heavy atom. The van der Waals surface area contributed by atoms with Gasteiger partial charge in [-0.25, -0.2) is 15.0 Å². The van der Waals surface area contributed by atoms with E-state index in [0.717, 1.165) is 11.8 Å². The predicted octanol–water partition coefficient (Wildman–Crippen LogP) is 0.918. The number of thioether (sulfide) groups is 1. The maximum atomic E-state index is 10.7. The van der Waals surface area contributed by atoms with Crippen molar-refractivity contribution in [2.24, 2.45) is 0 Å². The minimum absolute atomic E-state index is 0.546. The molecule has 0 aliphatic carbocycles. The number of hydrogen-bond acceptors (Lipinski definition) is 5. The number of imidazole rings is 1. The summed E-state index contributed by atoms with van der Waals surface area (Å²) in [4.78, 5) is 25.5. The molecule has 0 spiro atoms. The summed E-state index contributed by atoms with van der Waals surface area (Å²) in [5.74, 6) is -0.869. The fourth-order valence-electron chi connectivity index (χ4n) is 1.05. The third-order valence-corrected chi connectivity index (χ3v) is 2.91. The van der Waals surface area contributed by atoms with Crippen LogP contribution in [-0.4, -0.2) is 36.3 Å². The SMILES string of the molecule is C[C@@H](Sc1ncnc2nc[nH]c12)C(=O)O. The molecular weight excluding hydrogens is 216 g/mol. The molecule has 7 heteroatoms. The van der Waals surface area contributed by atoms with Crippen molar-refractivity contribution < 1.29 is 9.90 Å². The van der Waals surface area contributed by atoms with Gasteiger partial charge in [-0.05, 0) is 6.92 Å². The molecule has 0 bridgehead atoms. The average Bonchev–Trinajstić information content (AvgIpc) is 2.66. The topological polar surface area (TPSA) is 91.8 Å². The molecule has 1 atom stereocenters. The van der Waals surface area contributed by atoms with Crippen LogP contribution in [0.4, 0.5) is 0 Å². The summed E-state index contributed by atoms with van der Waals surface area (Å²) in [5.41, 5.74) is 1.22. The van der Waals surface area contributed by atoms with Gasteiger partial charge in [-0.2, -0.15) is 0 Å². The number of hydrogen-bond donors (Lipinski definition) is 2. The lowest BCUT2D eigenvalue weighted by molar-refractivity contribution is -0.136. The molecule has 0 fully saturated rings. The van der Waals surface area contributed by atoms with Gasteiger partial charge in [0, 0.05) is 0 Å². The highest BCUT2D eigenvalue weighted by molar-refractivity contribution is 8.00. The van der Waals surface area contributed by atoms with Crippen LogP contribution in [0.25, 0.3) is 11.2 Å². The van der Waals surface area contributed by atoms with E-state index in [-0.39, 0.29) is 0 Å². The number of carboxylic acid groups (broad SMARTS) is 1. The number of aromatic nitrogens is 4. The summed E-state index contributed by atoms with van der Waals surface area (Å²) in [7, 11) is 0. The van der Waals surface area contributed by atoms with Crippen LogP contribution in [0.5, 0.6) is 0 Å². The Kier molecular flexibility index (Phi) is 2.55. The smallest absolute Gasteiger partial charge is 0.316 e. The monoisotopic (exact) mass is 224 g/mol. The molecule has 78 valence electrons. The molecule has 15 heavy (non-hydrogen) atoms. The molecule has 2 heterocycles. The number of aliphatic carboxylic acids is 1. The minimum Gasteiger partial charge on any atom is -0.480 e. The molecule has 2 rings (SSSR count). The molecule has 0 aromatic carbocycles. The van der Waals surface area contributed by atoms with Crippen LogP contribution < -0.4 is 0 Å². The molecule has 0 unspecified atom stereocenters. The van der Waals surface area contributed by atoms with Gasteiger partial charge in [0.05, 0.1) is 6.33 Å². The lowest BCUT2D eigenvalue weighted by Gasteiger charge is -2.04. The normalized spacial score (nSPS) is 12.9. The Hall–Kier alpha value is -1.63. The third-order valence-electron chi connectivity index (χ3n) is 1.82. The highest BCUT2D eigenvalue weighted by Crippen LogP contribution is 2.25. The summed E-state index contributed by atoms with van der Waals surface area (Å²) in [5, 5.41) is 8.83. The summed E-state index contributed by atoms with van der Waals surface area (Å²) >= 11 is 1.16. The molecule has 0 saturated carbocycles. The fourth-order valence-corrected chi connectivity index (χ4v) is 1.86. The molecule has 0 radical (unpaired) electrons. The van der Waals surface area contributed by atoms with Gasteiger partial charge in [0.2, 0.25) is 0 Å². The molecule has 2 aromatic heterocycles. The van der Waals surface area contributed by atoms with Crippen molar-refractivity contribution in [3.8, 4) is 0 Å². The number of rotatable bonds is 3. The number of H-pyrrole nitrogens is 1. The standard InChI is InChI=1S/C8H8N4O2S/c1-4(8(13)14)15-7-5-6(10-2-9-5)11-3-12-7/h2-4H,1H3,(H,13,14)(H,9,10,11,12)/t4-/m1/s1. The summed E-state index contributed by atoms with van der Waals surface area (Å²) in [6.07, 6.45) is 2.88. The minimum atomic E-state index is -0.869. The zero-order valence-corrected chi connectivity index (χ0v) is 8.65. The second kappa shape index (κ2) is 3.85. The van der Waals surface area contributed by atoms with E-state index >= 15 is 0 Å². The second-order valence-electron chi connectivity index (χ2n) is 2.88. The predicted molar refractivity (Wildman–Crippen MR) is 54.6 cm³/mol. The van der Waals surface area contributed by atoms with Crippen molar-refractivity contribution >= 4 is 28.9 Å². The zero-order chi connectivity index (χ0) is 10.8. The molecule has 0 amide bonds. The maximum Gasteiger partial charge on any atom is 0.316 e. The van der Waals surface area contributed by atoms with Crippen LogP contribution >= 0.6 is 11.8 Å². The van der Waals surface area contributed by atoms with Gasteiger partial charge in [-0.15, -0.1) is 0 Å². The van der Waals surface area contributed by atoms with Gasteiger partial charge < -0.3 is 10.1 Å². The highest BCUT2D eigenvalue weighted by Gasteiger charge is 2.16. The van der Waals surface area contributed by atoms with Crippen LogP contribution in [0.2, 0.25) is 0 Å². The van der Waals surface area contributed by atoms with Crippen molar-refractivity contribution in [2.75, 3.05) is 0 Å². The van der Waals surface area contributed by atoms with Crippen LogP contribution in [0.15, 0.2) is 17.7 Å². The molecular formula is C8H8N4O2S. The van der Waals surface area contributed by atoms with E-state index in [4.69, 9.17) is 5.11 Å². The summed E-state index contributed by atoms with van der Waals surface area (Å²) < 4.78 is 0. The van der Waals surface area contributed by atoms with Crippen LogP contribution in [0.1, 0.15) is 6.92 Å². The Morgan fingerprint density at radius 3 is 3.07 bits per heavy atom. The number of carbonyl (C=O) groups is 1. The van der Waals surface area contributed by atoms with E-state index in [0.29, 0.717) is 16.2 Å². The quantitative estimate of drug-likeness (QED) is 0.595. The van der Waals surface area contributed by atoms with Crippen molar-refractivity contribution in [2.45, 2.75) is 17.2 Å². The van der Waals surface area contributed by atoms with Gasteiger partial charge in [0.1, 0.15) is 22.1 Å². The molecule has 0 aliphatic heterocycles. The van der Waals surface area contributed by atoms with Crippen LogP contribution in [0.3, 0.4) is 0 Å². The van der Waals surface area contributed by atoms with Crippen LogP contribution in [-0.2, 0) is 4.79 Å². The first kappa shape index (κ1) is 9.91. The van der Waals surface area contributed by atoms with Gasteiger partial charge >= 0.3 is 5.97 Å². The van der Waals surface area contributed by atoms with E-state index in [9.17, 15) is 4.79 Å². The number of carboxylic acids is 1. The van der Waals surface area contributed by atoms with Gasteiger partial charge in [0.15, 0.2) is 5.65 Å². The number of nitrogens with zero attached hydrogens (tertiary/aromatic N) is 3. The largest absolute Gasteiger partial charge is 0.480 e. The van der Waals surface area contributed by atoms with Crippen molar-refractivity contribution in [1.29, 1.82) is 0 Å². The van der Waals surface area contributed by atoms with Crippen molar-refractivity contribution in [3.63, 3.8) is 0 Å². The van der Waals surface area contributed by atoms with Gasteiger partial charge in [0.25, 0.3) is 0 Å². The van der Waals surface area contributed by atoms with Gasteiger partial charge in [-0.3, -0.25) is 4.79 Å². The highest BCUT2D eigenvalue weighted by atomic mass is 32.2. The van der Waals surface area contributed by atoms with E-state index < -0.39 is 11.2 Å². The fraction of sp³-hybridized carbons (Fsp3) is 0.250. The Labute approximate surface area is 89.2 Å². The Bertz CT molecular complexity index is 498. The first-order valence-electron chi connectivity index (χ1n) is 4.22. The molecule has 0 aliphatic rings. The number of nitrogens with one attached hydrogen (secondary N) is 1. The average molecular weight is 224 g/mol. The Morgan fingerprint density at radius 2 is 2.33 bits per heavy atom. The summed E-state index contributed by atoms with van der Waals surface area (Å²) in [6, 6.07) is 0. The lowest BCUT2D eigenvalue weighted by Crippen LogP contribution is -2.11. The molecule has 2 aromatic rings. The zero-order valence-electron chi connectivity index (χ0n) is 7.84.